The van der Waals surface area contributed by atoms with Crippen molar-refractivity contribution in [1.29, 1.82) is 0 Å². The number of halogens is 2. The second-order valence-corrected chi connectivity index (χ2v) is 7.41. The number of nitrogens with one attached hydrogen (secondary N) is 2. The Morgan fingerprint density at radius 1 is 1.08 bits per heavy atom. The molecule has 1 aliphatic carbocycles. The molecule has 25 heavy (non-hydrogen) atoms. The molecule has 5 nitrogen and oxygen atoms in total. The third-order valence-corrected chi connectivity index (χ3v) is 5.63. The number of hydrogen-bond acceptors (Lipinski definition) is 5. The van der Waals surface area contributed by atoms with E-state index in [9.17, 15) is 0 Å². The quantitative estimate of drug-likeness (QED) is 0.795. The molecule has 0 unspecified atom stereocenters. The van der Waals surface area contributed by atoms with Crippen molar-refractivity contribution in [3.63, 3.8) is 0 Å². The van der Waals surface area contributed by atoms with E-state index in [1.165, 1.54) is 19.3 Å². The Kier molecular flexibility index (Phi) is 4.52. The predicted molar refractivity (Wildman–Crippen MR) is 102 cm³/mol. The summed E-state index contributed by atoms with van der Waals surface area (Å²) < 4.78 is 0. The van der Waals surface area contributed by atoms with Crippen molar-refractivity contribution in [2.75, 3.05) is 5.32 Å². The highest BCUT2D eigenvalue weighted by Gasteiger charge is 2.40. The molecule has 130 valence electrons. The molecule has 0 saturated heterocycles. The molecule has 1 fully saturated rings. The van der Waals surface area contributed by atoms with Gasteiger partial charge in [-0.3, -0.25) is 0 Å². The average Bonchev–Trinajstić information content (AvgIpc) is 2.63. The van der Waals surface area contributed by atoms with E-state index in [-0.39, 0.29) is 5.54 Å². The first-order valence-corrected chi connectivity index (χ1v) is 9.29. The van der Waals surface area contributed by atoms with Crippen LogP contribution in [0.2, 0.25) is 10.0 Å². The highest BCUT2D eigenvalue weighted by molar-refractivity contribution is 6.42. The maximum absolute atomic E-state index is 6.13. The third kappa shape index (κ3) is 3.31. The molecule has 1 saturated carbocycles. The number of nitrogens with zero attached hydrogens (tertiary/aromatic N) is 3. The number of rotatable bonds is 2. The first-order valence-electron chi connectivity index (χ1n) is 8.53. The molecule has 2 aliphatic rings. The summed E-state index contributed by atoms with van der Waals surface area (Å²) in [6.07, 6.45) is 7.36. The topological polar surface area (TPSA) is 62.2 Å². The zero-order valence-electron chi connectivity index (χ0n) is 13.7. The van der Waals surface area contributed by atoms with Gasteiger partial charge in [-0.25, -0.2) is 4.99 Å². The minimum Gasteiger partial charge on any atom is -0.367 e. The molecule has 1 aliphatic heterocycles. The van der Waals surface area contributed by atoms with Gasteiger partial charge in [0.05, 0.1) is 21.8 Å². The molecule has 0 radical (unpaired) electrons. The zero-order valence-corrected chi connectivity index (χ0v) is 15.2. The van der Waals surface area contributed by atoms with E-state index in [1.54, 1.807) is 6.20 Å². The number of fused-ring (bicyclic) bond motifs is 1. The number of aliphatic imine (C=N–C) groups is 1. The largest absolute Gasteiger partial charge is 0.367 e. The molecule has 2 N–H and O–H groups in total. The van der Waals surface area contributed by atoms with Crippen LogP contribution in [0.1, 0.15) is 37.7 Å². The van der Waals surface area contributed by atoms with Gasteiger partial charge in [0, 0.05) is 6.54 Å². The summed E-state index contributed by atoms with van der Waals surface area (Å²) in [4.78, 5) is 4.86. The van der Waals surface area contributed by atoms with Gasteiger partial charge in [0.25, 0.3) is 0 Å². The van der Waals surface area contributed by atoms with Crippen molar-refractivity contribution < 1.29 is 0 Å². The highest BCUT2D eigenvalue weighted by atomic mass is 35.5. The molecule has 0 atom stereocenters. The van der Waals surface area contributed by atoms with Crippen molar-refractivity contribution in [2.45, 2.75) is 44.2 Å². The van der Waals surface area contributed by atoms with Gasteiger partial charge in [-0.1, -0.05) is 48.5 Å². The summed E-state index contributed by atoms with van der Waals surface area (Å²) in [5, 5.41) is 16.5. The molecule has 4 rings (SSSR count). The van der Waals surface area contributed by atoms with Crippen LogP contribution < -0.4 is 10.6 Å². The molecule has 2 heterocycles. The Morgan fingerprint density at radius 3 is 2.72 bits per heavy atom. The van der Waals surface area contributed by atoms with Crippen molar-refractivity contribution in [3.05, 3.63) is 46.1 Å². The van der Waals surface area contributed by atoms with Gasteiger partial charge in [-0.2, -0.15) is 5.10 Å². The average molecular weight is 376 g/mol. The van der Waals surface area contributed by atoms with Crippen LogP contribution in [0.3, 0.4) is 0 Å². The monoisotopic (exact) mass is 375 g/mol. The second-order valence-electron chi connectivity index (χ2n) is 6.60. The smallest absolute Gasteiger partial charge is 0.175 e. The summed E-state index contributed by atoms with van der Waals surface area (Å²) in [5.41, 5.74) is 1.71. The summed E-state index contributed by atoms with van der Waals surface area (Å²) in [6.45, 7) is 0.646. The number of hydrogen-bond donors (Lipinski definition) is 2. The molecule has 1 aromatic carbocycles. The van der Waals surface area contributed by atoms with Crippen LogP contribution >= 0.6 is 23.2 Å². The van der Waals surface area contributed by atoms with Gasteiger partial charge >= 0.3 is 0 Å². The van der Waals surface area contributed by atoms with Crippen LogP contribution in [0.15, 0.2) is 35.5 Å². The van der Waals surface area contributed by atoms with Crippen molar-refractivity contribution >= 4 is 40.5 Å². The summed E-state index contributed by atoms with van der Waals surface area (Å²) in [7, 11) is 0. The van der Waals surface area contributed by atoms with Crippen LogP contribution in [-0.2, 0) is 6.54 Å². The normalized spacial score (nSPS) is 18.2. The van der Waals surface area contributed by atoms with Gasteiger partial charge in [0.15, 0.2) is 5.82 Å². The molecule has 7 heteroatoms. The van der Waals surface area contributed by atoms with E-state index in [0.29, 0.717) is 16.6 Å². The Labute approximate surface area is 156 Å². The second kappa shape index (κ2) is 6.81. The number of amidine groups is 1. The first-order chi connectivity index (χ1) is 12.2. The maximum Gasteiger partial charge on any atom is 0.175 e. The van der Waals surface area contributed by atoms with Gasteiger partial charge in [0.2, 0.25) is 0 Å². The zero-order chi connectivity index (χ0) is 17.3. The van der Waals surface area contributed by atoms with Gasteiger partial charge in [-0.15, -0.1) is 5.10 Å². The van der Waals surface area contributed by atoms with E-state index < -0.39 is 0 Å². The lowest BCUT2D eigenvalue weighted by molar-refractivity contribution is 0.395. The SMILES string of the molecule is Clc1ccc(CNC2=Nc3ccnnc3NC23CCCCC3)cc1Cl. The fourth-order valence-corrected chi connectivity index (χ4v) is 3.90. The lowest BCUT2D eigenvalue weighted by Gasteiger charge is -2.42. The van der Waals surface area contributed by atoms with Crippen molar-refractivity contribution in [1.82, 2.24) is 15.5 Å². The molecule has 2 aromatic rings. The third-order valence-electron chi connectivity index (χ3n) is 4.89. The van der Waals surface area contributed by atoms with Gasteiger partial charge in [-0.05, 0) is 36.6 Å². The summed E-state index contributed by atoms with van der Waals surface area (Å²) in [6, 6.07) is 7.57. The molecule has 1 spiro atoms. The Hall–Kier alpha value is -1.85. The van der Waals surface area contributed by atoms with E-state index in [1.807, 2.05) is 24.3 Å². The molecular weight excluding hydrogens is 357 g/mol. The van der Waals surface area contributed by atoms with Crippen LogP contribution in [0.25, 0.3) is 0 Å². The molecule has 1 aromatic heterocycles. The molecule has 0 amide bonds. The summed E-state index contributed by atoms with van der Waals surface area (Å²) >= 11 is 12.1. The number of anilines is 1. The van der Waals surface area contributed by atoms with E-state index in [0.717, 1.165) is 35.7 Å². The van der Waals surface area contributed by atoms with Crippen LogP contribution in [0, 0.1) is 0 Å². The Bertz CT molecular complexity index is 815. The minimum atomic E-state index is -0.183. The number of aromatic nitrogens is 2. The Balaban J connectivity index is 1.62. The predicted octanol–water partition coefficient (Wildman–Crippen LogP) is 4.73. The van der Waals surface area contributed by atoms with Crippen LogP contribution in [0.4, 0.5) is 11.5 Å². The minimum absolute atomic E-state index is 0.183. The van der Waals surface area contributed by atoms with Crippen LogP contribution in [0.5, 0.6) is 0 Å². The fourth-order valence-electron chi connectivity index (χ4n) is 3.58. The maximum atomic E-state index is 6.13. The van der Waals surface area contributed by atoms with Gasteiger partial charge in [0.1, 0.15) is 11.5 Å². The molecule has 0 bridgehead atoms. The molecular formula is C18H19Cl2N5. The Morgan fingerprint density at radius 2 is 1.92 bits per heavy atom. The van der Waals surface area contributed by atoms with E-state index in [4.69, 9.17) is 28.2 Å². The van der Waals surface area contributed by atoms with Gasteiger partial charge < -0.3 is 10.6 Å². The highest BCUT2D eigenvalue weighted by Crippen LogP contribution is 2.38. The van der Waals surface area contributed by atoms with Crippen molar-refractivity contribution in [2.24, 2.45) is 4.99 Å². The van der Waals surface area contributed by atoms with Crippen molar-refractivity contribution in [3.8, 4) is 0 Å². The number of benzene rings is 1. The van der Waals surface area contributed by atoms with E-state index in [2.05, 4.69) is 20.8 Å². The lowest BCUT2D eigenvalue weighted by atomic mass is 9.79. The standard InChI is InChI=1S/C18H19Cl2N5/c19-13-5-4-12(10-14(13)20)11-21-17-18(7-2-1-3-8-18)24-16-15(23-17)6-9-22-25-16/h4-6,9-10H,1-3,7-8,11H2,(H,21,23)(H,24,25). The summed E-state index contributed by atoms with van der Waals surface area (Å²) in [5.74, 6) is 1.74. The lowest BCUT2D eigenvalue weighted by Crippen LogP contribution is -2.55. The van der Waals surface area contributed by atoms with Crippen LogP contribution in [-0.4, -0.2) is 21.6 Å². The van der Waals surface area contributed by atoms with E-state index >= 15 is 0 Å². The first kappa shape index (κ1) is 16.6. The fraction of sp³-hybridized carbons (Fsp3) is 0.389.